The SMILES string of the molecule is Cc1ccc([N+](=O)[O-])cc1-c1nnnn1CCN. The van der Waals surface area contributed by atoms with Gasteiger partial charge in [0.1, 0.15) is 0 Å². The highest BCUT2D eigenvalue weighted by molar-refractivity contribution is 5.63. The number of aromatic nitrogens is 4. The number of hydrogen-bond acceptors (Lipinski definition) is 6. The van der Waals surface area contributed by atoms with E-state index in [1.807, 2.05) is 6.92 Å². The first-order chi connectivity index (χ1) is 8.63. The zero-order valence-electron chi connectivity index (χ0n) is 9.78. The van der Waals surface area contributed by atoms with Crippen LogP contribution in [-0.2, 0) is 6.54 Å². The van der Waals surface area contributed by atoms with Crippen molar-refractivity contribution < 1.29 is 4.92 Å². The number of non-ortho nitro benzene ring substituents is 1. The molecule has 0 atom stereocenters. The number of tetrazole rings is 1. The van der Waals surface area contributed by atoms with Crippen molar-refractivity contribution in [1.29, 1.82) is 0 Å². The number of nitrogens with zero attached hydrogens (tertiary/aromatic N) is 5. The summed E-state index contributed by atoms with van der Waals surface area (Å²) in [4.78, 5) is 10.3. The lowest BCUT2D eigenvalue weighted by atomic mass is 10.1. The number of nitro groups is 1. The van der Waals surface area contributed by atoms with Gasteiger partial charge >= 0.3 is 0 Å². The predicted octanol–water partition coefficient (Wildman–Crippen LogP) is 0.515. The molecule has 0 aliphatic heterocycles. The highest BCUT2D eigenvalue weighted by Crippen LogP contribution is 2.25. The van der Waals surface area contributed by atoms with Gasteiger partial charge in [0.2, 0.25) is 0 Å². The average Bonchev–Trinajstić information content (AvgIpc) is 2.78. The Balaban J connectivity index is 2.52. The molecule has 8 heteroatoms. The van der Waals surface area contributed by atoms with Crippen molar-refractivity contribution in [3.05, 3.63) is 33.9 Å². The van der Waals surface area contributed by atoms with Crippen LogP contribution in [-0.4, -0.2) is 31.7 Å². The molecule has 0 saturated heterocycles. The van der Waals surface area contributed by atoms with Gasteiger partial charge in [-0.25, -0.2) is 4.68 Å². The Labute approximate surface area is 103 Å². The molecule has 2 N–H and O–H groups in total. The van der Waals surface area contributed by atoms with Crippen LogP contribution in [0, 0.1) is 17.0 Å². The van der Waals surface area contributed by atoms with E-state index < -0.39 is 4.92 Å². The fourth-order valence-electron chi connectivity index (χ4n) is 1.63. The van der Waals surface area contributed by atoms with E-state index in [0.717, 1.165) is 5.56 Å². The third-order valence-electron chi connectivity index (χ3n) is 2.55. The van der Waals surface area contributed by atoms with Gasteiger partial charge < -0.3 is 5.73 Å². The summed E-state index contributed by atoms with van der Waals surface area (Å²) < 4.78 is 1.53. The molecule has 0 fully saturated rings. The summed E-state index contributed by atoms with van der Waals surface area (Å²) in [5.41, 5.74) is 6.98. The molecule has 0 bridgehead atoms. The van der Waals surface area contributed by atoms with Gasteiger partial charge in [0.15, 0.2) is 5.82 Å². The molecule has 2 aromatic rings. The van der Waals surface area contributed by atoms with Crippen LogP contribution in [0.2, 0.25) is 0 Å². The Morgan fingerprint density at radius 1 is 1.50 bits per heavy atom. The minimum atomic E-state index is -0.444. The van der Waals surface area contributed by atoms with E-state index in [2.05, 4.69) is 15.5 Å². The summed E-state index contributed by atoms with van der Waals surface area (Å²) in [6.07, 6.45) is 0. The van der Waals surface area contributed by atoms with E-state index in [0.29, 0.717) is 24.5 Å². The van der Waals surface area contributed by atoms with Crippen molar-refractivity contribution in [1.82, 2.24) is 20.2 Å². The van der Waals surface area contributed by atoms with Crippen LogP contribution in [0.15, 0.2) is 18.2 Å². The number of aryl methyl sites for hydroxylation is 1. The van der Waals surface area contributed by atoms with Crippen LogP contribution < -0.4 is 5.73 Å². The van der Waals surface area contributed by atoms with Crippen LogP contribution in [0.3, 0.4) is 0 Å². The second-order valence-corrected chi connectivity index (χ2v) is 3.77. The second kappa shape index (κ2) is 4.88. The molecule has 1 aromatic heterocycles. The highest BCUT2D eigenvalue weighted by atomic mass is 16.6. The molecule has 1 heterocycles. The minimum Gasteiger partial charge on any atom is -0.329 e. The molecular formula is C10H12N6O2. The molecule has 0 radical (unpaired) electrons. The molecule has 0 aliphatic carbocycles. The molecule has 0 unspecified atom stereocenters. The Morgan fingerprint density at radius 3 is 2.94 bits per heavy atom. The summed E-state index contributed by atoms with van der Waals surface area (Å²) in [7, 11) is 0. The van der Waals surface area contributed by atoms with Crippen LogP contribution in [0.5, 0.6) is 0 Å². The van der Waals surface area contributed by atoms with Crippen molar-refractivity contribution in [3.8, 4) is 11.4 Å². The molecule has 18 heavy (non-hydrogen) atoms. The molecule has 0 spiro atoms. The lowest BCUT2D eigenvalue weighted by Gasteiger charge is -2.05. The van der Waals surface area contributed by atoms with Crippen molar-refractivity contribution in [2.24, 2.45) is 5.73 Å². The molecule has 0 aliphatic rings. The Morgan fingerprint density at radius 2 is 2.28 bits per heavy atom. The second-order valence-electron chi connectivity index (χ2n) is 3.77. The number of nitrogens with two attached hydrogens (primary N) is 1. The fourth-order valence-corrected chi connectivity index (χ4v) is 1.63. The predicted molar refractivity (Wildman–Crippen MR) is 63.7 cm³/mol. The molecule has 94 valence electrons. The Bertz CT molecular complexity index is 579. The molecule has 8 nitrogen and oxygen atoms in total. The normalized spacial score (nSPS) is 10.6. The van der Waals surface area contributed by atoms with Gasteiger partial charge in [-0.15, -0.1) is 5.10 Å². The average molecular weight is 248 g/mol. The van der Waals surface area contributed by atoms with Gasteiger partial charge in [-0.2, -0.15) is 0 Å². The van der Waals surface area contributed by atoms with Crippen molar-refractivity contribution in [2.75, 3.05) is 6.54 Å². The number of nitro benzene ring substituents is 1. The van der Waals surface area contributed by atoms with Gasteiger partial charge in [-0.3, -0.25) is 10.1 Å². The van der Waals surface area contributed by atoms with E-state index in [1.54, 1.807) is 6.07 Å². The van der Waals surface area contributed by atoms with Crippen LogP contribution in [0.1, 0.15) is 5.56 Å². The number of benzene rings is 1. The van der Waals surface area contributed by atoms with Crippen LogP contribution in [0.4, 0.5) is 5.69 Å². The largest absolute Gasteiger partial charge is 0.329 e. The van der Waals surface area contributed by atoms with Crippen molar-refractivity contribution in [3.63, 3.8) is 0 Å². The summed E-state index contributed by atoms with van der Waals surface area (Å²) in [5, 5.41) is 22.0. The zero-order chi connectivity index (χ0) is 13.1. The van der Waals surface area contributed by atoms with Gasteiger partial charge in [-0.05, 0) is 22.9 Å². The van der Waals surface area contributed by atoms with E-state index >= 15 is 0 Å². The molecule has 0 saturated carbocycles. The van der Waals surface area contributed by atoms with E-state index in [9.17, 15) is 10.1 Å². The summed E-state index contributed by atoms with van der Waals surface area (Å²) in [6, 6.07) is 4.60. The maximum Gasteiger partial charge on any atom is 0.270 e. The van der Waals surface area contributed by atoms with Gasteiger partial charge in [-0.1, -0.05) is 6.07 Å². The van der Waals surface area contributed by atoms with E-state index in [-0.39, 0.29) is 5.69 Å². The maximum absolute atomic E-state index is 10.8. The first kappa shape index (κ1) is 12.1. The van der Waals surface area contributed by atoms with Crippen molar-refractivity contribution >= 4 is 5.69 Å². The minimum absolute atomic E-state index is 0.0119. The molecule has 1 aromatic carbocycles. The van der Waals surface area contributed by atoms with E-state index in [1.165, 1.54) is 16.8 Å². The smallest absolute Gasteiger partial charge is 0.270 e. The number of rotatable bonds is 4. The Kier molecular flexibility index (Phi) is 3.28. The van der Waals surface area contributed by atoms with E-state index in [4.69, 9.17) is 5.73 Å². The quantitative estimate of drug-likeness (QED) is 0.623. The zero-order valence-corrected chi connectivity index (χ0v) is 9.78. The lowest BCUT2D eigenvalue weighted by molar-refractivity contribution is -0.384. The van der Waals surface area contributed by atoms with Crippen molar-refractivity contribution in [2.45, 2.75) is 13.5 Å². The maximum atomic E-state index is 10.8. The molecule has 0 amide bonds. The summed E-state index contributed by atoms with van der Waals surface area (Å²) in [6.45, 7) is 2.71. The van der Waals surface area contributed by atoms with Gasteiger partial charge in [0, 0.05) is 24.2 Å². The number of hydrogen-bond donors (Lipinski definition) is 1. The summed E-state index contributed by atoms with van der Waals surface area (Å²) >= 11 is 0. The fraction of sp³-hybridized carbons (Fsp3) is 0.300. The third-order valence-corrected chi connectivity index (χ3v) is 2.55. The Hall–Kier alpha value is -2.35. The topological polar surface area (TPSA) is 113 Å². The lowest BCUT2D eigenvalue weighted by Crippen LogP contribution is -2.12. The molecular weight excluding hydrogens is 236 g/mol. The molecule has 2 rings (SSSR count). The van der Waals surface area contributed by atoms with Gasteiger partial charge in [0.05, 0.1) is 11.5 Å². The summed E-state index contributed by atoms with van der Waals surface area (Å²) in [5.74, 6) is 0.488. The standard InChI is InChI=1S/C10H12N6O2/c1-7-2-3-8(16(17)18)6-9(7)10-12-13-14-15(10)5-4-11/h2-3,6H,4-5,11H2,1H3. The highest BCUT2D eigenvalue weighted by Gasteiger charge is 2.15. The monoisotopic (exact) mass is 248 g/mol. The first-order valence-electron chi connectivity index (χ1n) is 5.35. The van der Waals surface area contributed by atoms with Gasteiger partial charge in [0.25, 0.3) is 5.69 Å². The van der Waals surface area contributed by atoms with Crippen LogP contribution >= 0.6 is 0 Å². The van der Waals surface area contributed by atoms with Crippen LogP contribution in [0.25, 0.3) is 11.4 Å². The third kappa shape index (κ3) is 2.18. The first-order valence-corrected chi connectivity index (χ1v) is 5.35.